The fraction of sp³-hybridized carbons (Fsp3) is 0.111. The van der Waals surface area contributed by atoms with Gasteiger partial charge < -0.3 is 9.47 Å². The van der Waals surface area contributed by atoms with Crippen molar-refractivity contribution in [1.82, 2.24) is 5.43 Å². The van der Waals surface area contributed by atoms with E-state index in [1.54, 1.807) is 30.3 Å². The van der Waals surface area contributed by atoms with E-state index in [4.69, 9.17) is 21.1 Å². The van der Waals surface area contributed by atoms with Crippen LogP contribution in [-0.2, 0) is 4.79 Å². The van der Waals surface area contributed by atoms with E-state index in [0.29, 0.717) is 17.4 Å². The summed E-state index contributed by atoms with van der Waals surface area (Å²) in [7, 11) is 0. The first kappa shape index (κ1) is 17.6. The molecular formula is C18H17ClN2O3. The number of nitrogens with one attached hydrogen (secondary N) is 1. The molecule has 5 nitrogen and oxygen atoms in total. The molecule has 124 valence electrons. The van der Waals surface area contributed by atoms with Gasteiger partial charge in [-0.15, -0.1) is 0 Å². The van der Waals surface area contributed by atoms with Gasteiger partial charge in [-0.3, -0.25) is 4.79 Å². The van der Waals surface area contributed by atoms with Gasteiger partial charge in [-0.1, -0.05) is 36.4 Å². The highest BCUT2D eigenvalue weighted by Crippen LogP contribution is 2.22. The largest absolute Gasteiger partial charge is 0.490 e. The molecule has 0 fully saturated rings. The van der Waals surface area contributed by atoms with Crippen molar-refractivity contribution in [2.45, 2.75) is 0 Å². The monoisotopic (exact) mass is 344 g/mol. The predicted molar refractivity (Wildman–Crippen MR) is 94.8 cm³/mol. The summed E-state index contributed by atoms with van der Waals surface area (Å²) < 4.78 is 10.7. The van der Waals surface area contributed by atoms with Crippen LogP contribution in [0.25, 0.3) is 0 Å². The first-order valence-electron chi connectivity index (χ1n) is 7.22. The van der Waals surface area contributed by atoms with Gasteiger partial charge in [0.2, 0.25) is 0 Å². The van der Waals surface area contributed by atoms with Crippen LogP contribution in [0.15, 0.2) is 66.3 Å². The molecule has 2 aromatic carbocycles. The molecule has 0 bridgehead atoms. The summed E-state index contributed by atoms with van der Waals surface area (Å²) in [5.74, 6) is 0.815. The lowest BCUT2D eigenvalue weighted by Crippen LogP contribution is -2.24. The average Bonchev–Trinajstić information content (AvgIpc) is 2.60. The normalized spacial score (nSPS) is 10.4. The second kappa shape index (κ2) is 9.37. The molecule has 0 radical (unpaired) electrons. The van der Waals surface area contributed by atoms with Crippen LogP contribution in [0.4, 0.5) is 0 Å². The van der Waals surface area contributed by atoms with Crippen LogP contribution in [0, 0.1) is 0 Å². The van der Waals surface area contributed by atoms with Crippen LogP contribution in [0.1, 0.15) is 5.56 Å². The van der Waals surface area contributed by atoms with Gasteiger partial charge in [-0.25, -0.2) is 5.43 Å². The Bertz CT molecular complexity index is 714. The Balaban J connectivity index is 1.77. The minimum Gasteiger partial charge on any atom is -0.490 e. The van der Waals surface area contributed by atoms with Crippen LogP contribution in [0.5, 0.6) is 11.5 Å². The summed E-state index contributed by atoms with van der Waals surface area (Å²) in [5, 5.41) is 4.33. The molecule has 1 N–H and O–H groups in total. The summed E-state index contributed by atoms with van der Waals surface area (Å²) in [5.41, 5.74) is 3.21. The number of hydrazone groups is 1. The number of halogens is 1. The summed E-state index contributed by atoms with van der Waals surface area (Å²) in [6, 6.07) is 14.2. The number of carbonyl (C=O) groups is 1. The third-order valence-corrected chi connectivity index (χ3v) is 3.16. The van der Waals surface area contributed by atoms with Gasteiger partial charge in [0, 0.05) is 0 Å². The Morgan fingerprint density at radius 2 is 1.92 bits per heavy atom. The Kier molecular flexibility index (Phi) is 6.86. The van der Waals surface area contributed by atoms with Crippen molar-refractivity contribution in [3.05, 3.63) is 71.8 Å². The molecule has 0 aliphatic heterocycles. The predicted octanol–water partition coefficient (Wildman–Crippen LogP) is 3.43. The van der Waals surface area contributed by atoms with E-state index >= 15 is 0 Å². The Morgan fingerprint density at radius 1 is 1.17 bits per heavy atom. The van der Waals surface area contributed by atoms with Crippen molar-refractivity contribution in [2.24, 2.45) is 5.10 Å². The van der Waals surface area contributed by atoms with Crippen LogP contribution >= 0.6 is 11.6 Å². The topological polar surface area (TPSA) is 59.9 Å². The lowest BCUT2D eigenvalue weighted by molar-refractivity contribution is -0.123. The highest BCUT2D eigenvalue weighted by molar-refractivity contribution is 6.32. The van der Waals surface area contributed by atoms with Crippen molar-refractivity contribution in [2.75, 3.05) is 13.2 Å². The SMILES string of the molecule is C=CCOc1ccc(/C=N\NC(=O)COc2ccccc2Cl)cc1. The number of para-hydroxylation sites is 1. The van der Waals surface area contributed by atoms with Crippen LogP contribution in [-0.4, -0.2) is 25.3 Å². The molecule has 0 aromatic heterocycles. The average molecular weight is 345 g/mol. The molecule has 2 rings (SSSR count). The second-order valence-electron chi connectivity index (χ2n) is 4.68. The van der Waals surface area contributed by atoms with Crippen LogP contribution in [0.2, 0.25) is 5.02 Å². The molecule has 0 saturated heterocycles. The number of carbonyl (C=O) groups excluding carboxylic acids is 1. The molecule has 0 heterocycles. The summed E-state index contributed by atoms with van der Waals surface area (Å²) in [4.78, 5) is 11.7. The number of benzene rings is 2. The minimum absolute atomic E-state index is 0.171. The standard InChI is InChI=1S/C18H17ClN2O3/c1-2-11-23-15-9-7-14(8-10-15)12-20-21-18(22)13-24-17-6-4-3-5-16(17)19/h2-10,12H,1,11,13H2,(H,21,22)/b20-12-. The molecule has 0 atom stereocenters. The van der Waals surface area contributed by atoms with Crippen molar-refractivity contribution < 1.29 is 14.3 Å². The van der Waals surface area contributed by atoms with E-state index in [1.165, 1.54) is 6.21 Å². The van der Waals surface area contributed by atoms with E-state index in [0.717, 1.165) is 11.3 Å². The van der Waals surface area contributed by atoms with Crippen molar-refractivity contribution in [3.8, 4) is 11.5 Å². The summed E-state index contributed by atoms with van der Waals surface area (Å²) >= 11 is 5.93. The van der Waals surface area contributed by atoms with E-state index in [-0.39, 0.29) is 12.5 Å². The van der Waals surface area contributed by atoms with E-state index < -0.39 is 0 Å². The molecular weight excluding hydrogens is 328 g/mol. The third-order valence-electron chi connectivity index (χ3n) is 2.85. The zero-order valence-electron chi connectivity index (χ0n) is 12.9. The van der Waals surface area contributed by atoms with Crippen molar-refractivity contribution in [1.29, 1.82) is 0 Å². The van der Waals surface area contributed by atoms with Gasteiger partial charge in [0.05, 0.1) is 11.2 Å². The molecule has 24 heavy (non-hydrogen) atoms. The first-order chi connectivity index (χ1) is 11.7. The number of rotatable bonds is 8. The van der Waals surface area contributed by atoms with Crippen LogP contribution < -0.4 is 14.9 Å². The first-order valence-corrected chi connectivity index (χ1v) is 7.60. The van der Waals surface area contributed by atoms with Gasteiger partial charge in [0.25, 0.3) is 5.91 Å². The molecule has 6 heteroatoms. The third kappa shape index (κ3) is 5.78. The van der Waals surface area contributed by atoms with Gasteiger partial charge in [-0.05, 0) is 42.0 Å². The van der Waals surface area contributed by atoms with Gasteiger partial charge in [-0.2, -0.15) is 5.10 Å². The Labute approximate surface area is 145 Å². The Hall–Kier alpha value is -2.79. The number of nitrogens with zero attached hydrogens (tertiary/aromatic N) is 1. The minimum atomic E-state index is -0.378. The number of ether oxygens (including phenoxy) is 2. The van der Waals surface area contributed by atoms with E-state index in [9.17, 15) is 4.79 Å². The highest BCUT2D eigenvalue weighted by Gasteiger charge is 2.04. The number of hydrogen-bond acceptors (Lipinski definition) is 4. The van der Waals surface area contributed by atoms with Gasteiger partial charge in [0.15, 0.2) is 6.61 Å². The van der Waals surface area contributed by atoms with Crippen molar-refractivity contribution in [3.63, 3.8) is 0 Å². The Morgan fingerprint density at radius 3 is 2.62 bits per heavy atom. The smallest absolute Gasteiger partial charge is 0.277 e. The molecule has 0 aliphatic rings. The molecule has 1 amide bonds. The lowest BCUT2D eigenvalue weighted by Gasteiger charge is -2.06. The molecule has 0 unspecified atom stereocenters. The summed E-state index contributed by atoms with van der Waals surface area (Å²) in [6.07, 6.45) is 3.21. The number of amides is 1. The zero-order chi connectivity index (χ0) is 17.2. The lowest BCUT2D eigenvalue weighted by atomic mass is 10.2. The second-order valence-corrected chi connectivity index (χ2v) is 5.09. The molecule has 2 aromatic rings. The highest BCUT2D eigenvalue weighted by atomic mass is 35.5. The zero-order valence-corrected chi connectivity index (χ0v) is 13.7. The molecule has 0 aliphatic carbocycles. The maximum atomic E-state index is 11.7. The van der Waals surface area contributed by atoms with Gasteiger partial charge >= 0.3 is 0 Å². The van der Waals surface area contributed by atoms with E-state index in [1.807, 2.05) is 24.3 Å². The fourth-order valence-corrected chi connectivity index (χ4v) is 1.91. The van der Waals surface area contributed by atoms with Crippen LogP contribution in [0.3, 0.4) is 0 Å². The fourth-order valence-electron chi connectivity index (χ4n) is 1.72. The maximum absolute atomic E-state index is 11.7. The quantitative estimate of drug-likeness (QED) is 0.453. The molecule has 0 spiro atoms. The van der Waals surface area contributed by atoms with E-state index in [2.05, 4.69) is 17.1 Å². The molecule has 0 saturated carbocycles. The van der Waals surface area contributed by atoms with Crippen molar-refractivity contribution >= 4 is 23.7 Å². The maximum Gasteiger partial charge on any atom is 0.277 e. The van der Waals surface area contributed by atoms with Gasteiger partial charge in [0.1, 0.15) is 18.1 Å². The number of hydrogen-bond donors (Lipinski definition) is 1. The summed E-state index contributed by atoms with van der Waals surface area (Å²) in [6.45, 7) is 3.87.